The molecule has 2 aromatic heterocycles. The molecule has 3 aromatic rings. The molecule has 0 bridgehead atoms. The van der Waals surface area contributed by atoms with Crippen molar-refractivity contribution in [3.05, 3.63) is 80.9 Å². The highest BCUT2D eigenvalue weighted by Gasteiger charge is 2.07. The summed E-state index contributed by atoms with van der Waals surface area (Å²) in [5.41, 5.74) is 1.30. The molecule has 0 aliphatic rings. The maximum Gasteiger partial charge on any atom is 0.328 e. The third-order valence-electron chi connectivity index (χ3n) is 3.90. The minimum Gasteiger partial charge on any atom is -0.354 e. The first kappa shape index (κ1) is 17.4. The molecule has 0 unspecified atom stereocenters. The smallest absolute Gasteiger partial charge is 0.328 e. The van der Waals surface area contributed by atoms with Crippen LogP contribution in [-0.4, -0.2) is 31.8 Å². The number of hydrogen-bond donors (Lipinski definition) is 2. The van der Waals surface area contributed by atoms with Crippen LogP contribution in [0.5, 0.6) is 0 Å². The molecule has 2 heterocycles. The van der Waals surface area contributed by atoms with E-state index in [0.29, 0.717) is 18.5 Å². The summed E-state index contributed by atoms with van der Waals surface area (Å²) < 4.78 is 2.96. The molecule has 26 heavy (non-hydrogen) atoms. The summed E-state index contributed by atoms with van der Waals surface area (Å²) in [6, 6.07) is 9.75. The van der Waals surface area contributed by atoms with Crippen LogP contribution in [-0.2, 0) is 17.8 Å². The lowest BCUT2D eigenvalue weighted by Gasteiger charge is -2.07. The Kier molecular flexibility index (Phi) is 5.12. The van der Waals surface area contributed by atoms with Crippen molar-refractivity contribution in [3.63, 3.8) is 0 Å². The van der Waals surface area contributed by atoms with Gasteiger partial charge < -0.3 is 5.32 Å². The van der Waals surface area contributed by atoms with E-state index in [9.17, 15) is 14.4 Å². The van der Waals surface area contributed by atoms with Crippen molar-refractivity contribution in [2.75, 3.05) is 6.54 Å². The second-order valence-electron chi connectivity index (χ2n) is 5.93. The van der Waals surface area contributed by atoms with Crippen LogP contribution >= 0.6 is 0 Å². The zero-order chi connectivity index (χ0) is 18.5. The van der Waals surface area contributed by atoms with E-state index in [0.717, 1.165) is 11.3 Å². The number of benzene rings is 1. The molecular weight excluding hydrogens is 334 g/mol. The number of aryl methyl sites for hydroxylation is 1. The Hall–Kier alpha value is -3.42. The minimum absolute atomic E-state index is 0.139. The van der Waals surface area contributed by atoms with E-state index in [1.165, 1.54) is 10.8 Å². The third kappa shape index (κ3) is 4.15. The average molecular weight is 353 g/mol. The van der Waals surface area contributed by atoms with E-state index in [1.54, 1.807) is 17.8 Å². The van der Waals surface area contributed by atoms with Crippen molar-refractivity contribution < 1.29 is 4.79 Å². The number of carbonyl (C=O) groups excluding carboxylic acids is 1. The van der Waals surface area contributed by atoms with Crippen LogP contribution in [0.25, 0.3) is 5.69 Å². The number of nitrogens with zero attached hydrogens (tertiary/aromatic N) is 3. The maximum atomic E-state index is 12.0. The Bertz CT molecular complexity index is 1020. The summed E-state index contributed by atoms with van der Waals surface area (Å²) in [5, 5.41) is 7.07. The van der Waals surface area contributed by atoms with E-state index in [2.05, 4.69) is 15.4 Å². The fourth-order valence-corrected chi connectivity index (χ4v) is 2.50. The number of hydrogen-bond acceptors (Lipinski definition) is 4. The molecule has 134 valence electrons. The molecular formula is C18H19N5O3. The molecule has 0 radical (unpaired) electrons. The highest BCUT2D eigenvalue weighted by atomic mass is 16.2. The first-order valence-electron chi connectivity index (χ1n) is 8.19. The topological polar surface area (TPSA) is 102 Å². The van der Waals surface area contributed by atoms with E-state index in [-0.39, 0.29) is 12.5 Å². The molecule has 0 atom stereocenters. The lowest BCUT2D eigenvalue weighted by atomic mass is 10.2. The summed E-state index contributed by atoms with van der Waals surface area (Å²) in [6.07, 6.45) is 5.68. The van der Waals surface area contributed by atoms with Crippen molar-refractivity contribution in [1.82, 2.24) is 24.6 Å². The number of aromatic nitrogens is 4. The van der Waals surface area contributed by atoms with Gasteiger partial charge in [-0.1, -0.05) is 18.2 Å². The zero-order valence-electron chi connectivity index (χ0n) is 14.3. The molecule has 1 aromatic carbocycles. The fourth-order valence-electron chi connectivity index (χ4n) is 2.50. The van der Waals surface area contributed by atoms with Crippen LogP contribution in [0.4, 0.5) is 0 Å². The zero-order valence-corrected chi connectivity index (χ0v) is 14.3. The number of H-pyrrole nitrogens is 1. The number of aromatic amines is 1. The molecule has 0 saturated carbocycles. The van der Waals surface area contributed by atoms with Gasteiger partial charge in [-0.05, 0) is 31.0 Å². The van der Waals surface area contributed by atoms with Crippen molar-refractivity contribution >= 4 is 5.91 Å². The van der Waals surface area contributed by atoms with Gasteiger partial charge in [0.25, 0.3) is 5.56 Å². The predicted octanol–water partition coefficient (Wildman–Crippen LogP) is 0.390. The average Bonchev–Trinajstić information content (AvgIpc) is 3.09. The monoisotopic (exact) mass is 353 g/mol. The normalized spacial score (nSPS) is 10.7. The van der Waals surface area contributed by atoms with E-state index in [4.69, 9.17) is 0 Å². The molecule has 0 fully saturated rings. The molecule has 0 spiro atoms. The van der Waals surface area contributed by atoms with Crippen LogP contribution in [0.15, 0.2) is 58.5 Å². The summed E-state index contributed by atoms with van der Waals surface area (Å²) in [6.45, 7) is 1.87. The van der Waals surface area contributed by atoms with Gasteiger partial charge in [-0.3, -0.25) is 19.1 Å². The molecule has 3 rings (SSSR count). The molecule has 2 N–H and O–H groups in total. The SMILES string of the molecule is Cc1cn(CC(=O)NCCc2cnn(-c3ccccc3)c2)c(=O)[nH]c1=O. The van der Waals surface area contributed by atoms with Crippen LogP contribution in [0.2, 0.25) is 0 Å². The van der Waals surface area contributed by atoms with Gasteiger partial charge in [0, 0.05) is 24.5 Å². The molecule has 1 amide bonds. The highest BCUT2D eigenvalue weighted by molar-refractivity contribution is 5.75. The van der Waals surface area contributed by atoms with Gasteiger partial charge in [-0.25, -0.2) is 9.48 Å². The quantitative estimate of drug-likeness (QED) is 0.669. The lowest BCUT2D eigenvalue weighted by molar-refractivity contribution is -0.121. The summed E-state index contributed by atoms with van der Waals surface area (Å²) in [5.74, 6) is -0.297. The van der Waals surface area contributed by atoms with Gasteiger partial charge in [0.05, 0.1) is 11.9 Å². The Morgan fingerprint density at radius 1 is 1.19 bits per heavy atom. The summed E-state index contributed by atoms with van der Waals surface area (Å²) in [7, 11) is 0. The van der Waals surface area contributed by atoms with Gasteiger partial charge in [0.2, 0.25) is 5.91 Å². The Morgan fingerprint density at radius 2 is 1.96 bits per heavy atom. The van der Waals surface area contributed by atoms with Crippen LogP contribution in [0.3, 0.4) is 0 Å². The molecule has 0 aliphatic carbocycles. The first-order chi connectivity index (χ1) is 12.5. The van der Waals surface area contributed by atoms with E-state index < -0.39 is 11.2 Å². The van der Waals surface area contributed by atoms with Gasteiger partial charge >= 0.3 is 5.69 Å². The predicted molar refractivity (Wildman–Crippen MR) is 96.3 cm³/mol. The van der Waals surface area contributed by atoms with Crippen LogP contribution < -0.4 is 16.6 Å². The Labute approximate surface area is 149 Å². The van der Waals surface area contributed by atoms with E-state index >= 15 is 0 Å². The second kappa shape index (κ2) is 7.64. The van der Waals surface area contributed by atoms with Gasteiger partial charge in [0.1, 0.15) is 6.54 Å². The Balaban J connectivity index is 1.53. The maximum absolute atomic E-state index is 12.0. The van der Waals surface area contributed by atoms with Crippen LogP contribution in [0.1, 0.15) is 11.1 Å². The molecule has 0 aliphatic heterocycles. The van der Waals surface area contributed by atoms with Crippen LogP contribution in [0, 0.1) is 6.92 Å². The third-order valence-corrected chi connectivity index (χ3v) is 3.90. The van der Waals surface area contributed by atoms with Gasteiger partial charge in [-0.15, -0.1) is 0 Å². The minimum atomic E-state index is -0.597. The first-order valence-corrected chi connectivity index (χ1v) is 8.19. The lowest BCUT2D eigenvalue weighted by Crippen LogP contribution is -2.37. The molecule has 0 saturated heterocycles. The standard InChI is InChI=1S/C18H19N5O3/c1-13-10-22(18(26)21-17(13)25)12-16(24)19-8-7-14-9-20-23(11-14)15-5-3-2-4-6-15/h2-6,9-11H,7-8,12H2,1H3,(H,19,24)(H,21,25,26). The summed E-state index contributed by atoms with van der Waals surface area (Å²) >= 11 is 0. The van der Waals surface area contributed by atoms with Crippen molar-refractivity contribution in [3.8, 4) is 5.69 Å². The van der Waals surface area contributed by atoms with Crippen molar-refractivity contribution in [2.24, 2.45) is 0 Å². The number of rotatable bonds is 6. The number of para-hydroxylation sites is 1. The largest absolute Gasteiger partial charge is 0.354 e. The second-order valence-corrected chi connectivity index (χ2v) is 5.93. The molecule has 8 heteroatoms. The number of amides is 1. The number of nitrogens with one attached hydrogen (secondary N) is 2. The van der Waals surface area contributed by atoms with Gasteiger partial charge in [0.15, 0.2) is 0 Å². The van der Waals surface area contributed by atoms with Crippen molar-refractivity contribution in [2.45, 2.75) is 19.9 Å². The highest BCUT2D eigenvalue weighted by Crippen LogP contribution is 2.07. The number of carbonyl (C=O) groups is 1. The summed E-state index contributed by atoms with van der Waals surface area (Å²) in [4.78, 5) is 37.2. The van der Waals surface area contributed by atoms with Crippen molar-refractivity contribution in [1.29, 1.82) is 0 Å². The fraction of sp³-hybridized carbons (Fsp3) is 0.222. The Morgan fingerprint density at radius 3 is 2.73 bits per heavy atom. The van der Waals surface area contributed by atoms with E-state index in [1.807, 2.05) is 36.5 Å². The molecule has 8 nitrogen and oxygen atoms in total. The van der Waals surface area contributed by atoms with Gasteiger partial charge in [-0.2, -0.15) is 5.10 Å².